The van der Waals surface area contributed by atoms with Crippen molar-refractivity contribution in [1.29, 1.82) is 0 Å². The summed E-state index contributed by atoms with van der Waals surface area (Å²) in [6, 6.07) is 9.54. The Morgan fingerprint density at radius 1 is 1.31 bits per heavy atom. The number of carbonyl (C=O) groups is 1. The van der Waals surface area contributed by atoms with Gasteiger partial charge in [0, 0.05) is 37.4 Å². The van der Waals surface area contributed by atoms with Gasteiger partial charge in [0.1, 0.15) is 11.9 Å². The summed E-state index contributed by atoms with van der Waals surface area (Å²) in [5.74, 6) is 0.792. The second-order valence-corrected chi connectivity index (χ2v) is 8.18. The highest BCUT2D eigenvalue weighted by molar-refractivity contribution is 6.04. The summed E-state index contributed by atoms with van der Waals surface area (Å²) in [5.41, 5.74) is 1.24. The van der Waals surface area contributed by atoms with Crippen LogP contribution in [0.15, 0.2) is 30.3 Å². The van der Waals surface area contributed by atoms with E-state index in [2.05, 4.69) is 18.8 Å². The fraction of sp³-hybridized carbons (Fsp3) is 0.524. The van der Waals surface area contributed by atoms with Crippen LogP contribution < -0.4 is 4.90 Å². The molecule has 138 valence electrons. The van der Waals surface area contributed by atoms with Gasteiger partial charge in [0.15, 0.2) is 0 Å². The molecule has 0 radical (unpaired) electrons. The van der Waals surface area contributed by atoms with E-state index < -0.39 is 0 Å². The Kier molecular flexibility index (Phi) is 4.14. The molecule has 1 aliphatic carbocycles. The van der Waals surface area contributed by atoms with Crippen LogP contribution in [0.1, 0.15) is 37.0 Å². The van der Waals surface area contributed by atoms with Crippen molar-refractivity contribution in [3.63, 3.8) is 0 Å². The predicted molar refractivity (Wildman–Crippen MR) is 102 cm³/mol. The number of para-hydroxylation sites is 1. The number of benzene rings is 1. The third-order valence-electron chi connectivity index (χ3n) is 5.84. The average Bonchev–Trinajstić information content (AvgIpc) is 2.65. The number of aromatic nitrogens is 1. The van der Waals surface area contributed by atoms with Crippen molar-refractivity contribution in [1.82, 2.24) is 4.98 Å². The van der Waals surface area contributed by atoms with Crippen LogP contribution in [0, 0.1) is 11.3 Å². The zero-order valence-corrected chi connectivity index (χ0v) is 15.9. The number of pyridine rings is 1. The molecule has 0 bridgehead atoms. The molecule has 0 spiro atoms. The van der Waals surface area contributed by atoms with Crippen molar-refractivity contribution < 1.29 is 14.3 Å². The Bertz CT molecular complexity index is 846. The summed E-state index contributed by atoms with van der Waals surface area (Å²) >= 11 is 0. The van der Waals surface area contributed by atoms with Gasteiger partial charge in [-0.15, -0.1) is 0 Å². The van der Waals surface area contributed by atoms with Crippen LogP contribution in [0.3, 0.4) is 0 Å². The standard InChI is InChI=1S/C21H26N2O3/c1-21(2)18-14(9-7-11-25-18)19(21)26-20(24)15-12-17(23(3)4)22-16-10-6-5-8-13(15)16/h5-6,8,10,12,14,18-19H,7,9,11H2,1-4H3/t14-,18-,19-/m1/s1. The van der Waals surface area contributed by atoms with Crippen LogP contribution in [-0.2, 0) is 9.47 Å². The van der Waals surface area contributed by atoms with E-state index in [0.29, 0.717) is 11.5 Å². The van der Waals surface area contributed by atoms with Gasteiger partial charge in [-0.2, -0.15) is 0 Å². The van der Waals surface area contributed by atoms with Crippen molar-refractivity contribution in [2.75, 3.05) is 25.6 Å². The number of carbonyl (C=O) groups excluding carboxylic acids is 1. The van der Waals surface area contributed by atoms with Crippen molar-refractivity contribution in [3.05, 3.63) is 35.9 Å². The quantitative estimate of drug-likeness (QED) is 0.788. The van der Waals surface area contributed by atoms with Gasteiger partial charge in [0.25, 0.3) is 0 Å². The van der Waals surface area contributed by atoms with Gasteiger partial charge < -0.3 is 14.4 Å². The third kappa shape index (κ3) is 2.65. The molecule has 2 aliphatic rings. The summed E-state index contributed by atoms with van der Waals surface area (Å²) in [5, 5.41) is 0.830. The van der Waals surface area contributed by atoms with E-state index in [1.807, 2.05) is 49.3 Å². The first kappa shape index (κ1) is 17.3. The molecular weight excluding hydrogens is 328 g/mol. The van der Waals surface area contributed by atoms with E-state index in [0.717, 1.165) is 36.2 Å². The Hall–Kier alpha value is -2.14. The zero-order valence-electron chi connectivity index (χ0n) is 15.9. The largest absolute Gasteiger partial charge is 0.458 e. The Morgan fingerprint density at radius 3 is 2.85 bits per heavy atom. The molecule has 1 saturated heterocycles. The number of ether oxygens (including phenoxy) is 2. The normalized spacial score (nSPS) is 26.7. The molecule has 1 saturated carbocycles. The average molecular weight is 354 g/mol. The minimum Gasteiger partial charge on any atom is -0.458 e. The van der Waals surface area contributed by atoms with Crippen molar-refractivity contribution in [2.24, 2.45) is 11.3 Å². The number of fused-ring (bicyclic) bond motifs is 2. The first-order chi connectivity index (χ1) is 12.4. The van der Waals surface area contributed by atoms with Gasteiger partial charge >= 0.3 is 5.97 Å². The lowest BCUT2D eigenvalue weighted by Crippen LogP contribution is -2.65. The Morgan fingerprint density at radius 2 is 2.08 bits per heavy atom. The van der Waals surface area contributed by atoms with Crippen LogP contribution in [0.5, 0.6) is 0 Å². The molecule has 1 aliphatic heterocycles. The molecule has 3 atom stereocenters. The molecule has 5 heteroatoms. The summed E-state index contributed by atoms with van der Waals surface area (Å²) in [6.07, 6.45) is 2.19. The second-order valence-electron chi connectivity index (χ2n) is 8.18. The van der Waals surface area contributed by atoms with E-state index in [1.54, 1.807) is 0 Å². The molecular formula is C21H26N2O3. The van der Waals surface area contributed by atoms with Gasteiger partial charge in [-0.05, 0) is 25.0 Å². The third-order valence-corrected chi connectivity index (χ3v) is 5.84. The lowest BCUT2D eigenvalue weighted by Gasteiger charge is -2.58. The lowest BCUT2D eigenvalue weighted by molar-refractivity contribution is -0.243. The fourth-order valence-electron chi connectivity index (χ4n) is 4.45. The second kappa shape index (κ2) is 6.23. The molecule has 5 nitrogen and oxygen atoms in total. The van der Waals surface area contributed by atoms with E-state index in [9.17, 15) is 4.79 Å². The van der Waals surface area contributed by atoms with Gasteiger partial charge in [-0.25, -0.2) is 9.78 Å². The van der Waals surface area contributed by atoms with Crippen LogP contribution in [0.4, 0.5) is 5.82 Å². The Balaban J connectivity index is 1.66. The van der Waals surface area contributed by atoms with Crippen molar-refractivity contribution in [2.45, 2.75) is 38.9 Å². The highest BCUT2D eigenvalue weighted by Crippen LogP contribution is 2.53. The van der Waals surface area contributed by atoms with E-state index in [1.165, 1.54) is 0 Å². The van der Waals surface area contributed by atoms with Crippen LogP contribution in [-0.4, -0.2) is 43.9 Å². The Labute approximate surface area is 154 Å². The lowest BCUT2D eigenvalue weighted by atomic mass is 9.56. The summed E-state index contributed by atoms with van der Waals surface area (Å²) in [7, 11) is 3.84. The van der Waals surface area contributed by atoms with Gasteiger partial charge in [0.05, 0.1) is 17.2 Å². The minimum absolute atomic E-state index is 0.102. The number of hydrogen-bond acceptors (Lipinski definition) is 5. The highest BCUT2D eigenvalue weighted by Gasteiger charge is 2.60. The number of rotatable bonds is 3. The monoisotopic (exact) mass is 354 g/mol. The van der Waals surface area contributed by atoms with Crippen LogP contribution in [0.2, 0.25) is 0 Å². The molecule has 2 heterocycles. The summed E-state index contributed by atoms with van der Waals surface area (Å²) < 4.78 is 12.0. The SMILES string of the molecule is CN(C)c1cc(C(=O)O[C@@H]2[C@@H]3CCCO[C@H]3C2(C)C)c2ccccc2n1. The highest BCUT2D eigenvalue weighted by atomic mass is 16.6. The molecule has 4 rings (SSSR count). The number of esters is 1. The number of hydrogen-bond donors (Lipinski definition) is 0. The maximum Gasteiger partial charge on any atom is 0.339 e. The first-order valence-corrected chi connectivity index (χ1v) is 9.29. The predicted octanol–water partition coefficient (Wildman–Crippen LogP) is 3.66. The molecule has 0 amide bonds. The van der Waals surface area contributed by atoms with Crippen molar-refractivity contribution in [3.8, 4) is 0 Å². The molecule has 2 fully saturated rings. The molecule has 0 unspecified atom stereocenters. The number of nitrogens with zero attached hydrogens (tertiary/aromatic N) is 2. The number of anilines is 1. The van der Waals surface area contributed by atoms with E-state index in [4.69, 9.17) is 9.47 Å². The van der Waals surface area contributed by atoms with Gasteiger partial charge in [-0.1, -0.05) is 32.0 Å². The van der Waals surface area contributed by atoms with Crippen LogP contribution >= 0.6 is 0 Å². The van der Waals surface area contributed by atoms with Crippen LogP contribution in [0.25, 0.3) is 10.9 Å². The van der Waals surface area contributed by atoms with Gasteiger partial charge in [0.2, 0.25) is 0 Å². The van der Waals surface area contributed by atoms with E-state index >= 15 is 0 Å². The molecule has 1 aromatic carbocycles. The van der Waals surface area contributed by atoms with E-state index in [-0.39, 0.29) is 23.6 Å². The molecule has 2 aromatic rings. The minimum atomic E-state index is -0.270. The molecule has 0 N–H and O–H groups in total. The van der Waals surface area contributed by atoms with Gasteiger partial charge in [-0.3, -0.25) is 0 Å². The fourth-order valence-corrected chi connectivity index (χ4v) is 4.45. The summed E-state index contributed by atoms with van der Waals surface area (Å²) in [6.45, 7) is 5.08. The molecule has 1 aromatic heterocycles. The topological polar surface area (TPSA) is 51.7 Å². The first-order valence-electron chi connectivity index (χ1n) is 9.29. The summed E-state index contributed by atoms with van der Waals surface area (Å²) in [4.78, 5) is 19.6. The molecule has 26 heavy (non-hydrogen) atoms. The maximum atomic E-state index is 13.1. The smallest absolute Gasteiger partial charge is 0.339 e. The zero-order chi connectivity index (χ0) is 18.5. The van der Waals surface area contributed by atoms with Crippen molar-refractivity contribution >= 4 is 22.7 Å². The maximum absolute atomic E-state index is 13.1.